The molecule has 102 valence electrons. The molecule has 0 spiro atoms. The van der Waals surface area contributed by atoms with Crippen LogP contribution in [0.25, 0.3) is 6.08 Å². The van der Waals surface area contributed by atoms with Gasteiger partial charge in [0.25, 0.3) is 5.69 Å². The molecule has 0 fully saturated rings. The van der Waals surface area contributed by atoms with Gasteiger partial charge in [0.1, 0.15) is 12.4 Å². The number of benzene rings is 2. The first-order chi connectivity index (χ1) is 9.66. The Labute approximate surface area is 121 Å². The minimum atomic E-state index is -0.443. The molecule has 0 saturated carbocycles. The summed E-state index contributed by atoms with van der Waals surface area (Å²) >= 11 is 6.01. The highest BCUT2D eigenvalue weighted by molar-refractivity contribution is 6.32. The largest absolute Gasteiger partial charge is 0.490 e. The van der Waals surface area contributed by atoms with Gasteiger partial charge in [0.15, 0.2) is 0 Å². The fourth-order valence-electron chi connectivity index (χ4n) is 1.59. The first-order valence-electron chi connectivity index (χ1n) is 5.95. The van der Waals surface area contributed by atoms with Crippen molar-refractivity contribution in [2.24, 2.45) is 0 Å². The Kier molecular flexibility index (Phi) is 4.74. The molecule has 0 aliphatic rings. The van der Waals surface area contributed by atoms with Gasteiger partial charge in [-0.05, 0) is 29.8 Å². The number of ether oxygens (including phenoxy) is 1. The molecule has 0 aliphatic carbocycles. The van der Waals surface area contributed by atoms with Crippen molar-refractivity contribution in [1.29, 1.82) is 0 Å². The lowest BCUT2D eigenvalue weighted by Crippen LogP contribution is -1.94. The summed E-state index contributed by atoms with van der Waals surface area (Å²) in [6, 6.07) is 13.5. The van der Waals surface area contributed by atoms with Crippen LogP contribution in [0.5, 0.6) is 5.75 Å². The Morgan fingerprint density at radius 1 is 1.15 bits per heavy atom. The van der Waals surface area contributed by atoms with Crippen molar-refractivity contribution in [3.8, 4) is 5.75 Å². The molecule has 2 rings (SSSR count). The van der Waals surface area contributed by atoms with E-state index in [2.05, 4.69) is 0 Å². The van der Waals surface area contributed by atoms with Crippen LogP contribution in [-0.2, 0) is 0 Å². The molecule has 0 unspecified atom stereocenters. The van der Waals surface area contributed by atoms with Gasteiger partial charge in [-0.3, -0.25) is 10.1 Å². The van der Waals surface area contributed by atoms with E-state index >= 15 is 0 Å². The molecule has 5 heteroatoms. The van der Waals surface area contributed by atoms with Gasteiger partial charge in [0.05, 0.1) is 4.92 Å². The third kappa shape index (κ3) is 3.83. The molecular weight excluding hydrogens is 278 g/mol. The van der Waals surface area contributed by atoms with E-state index in [0.29, 0.717) is 17.4 Å². The monoisotopic (exact) mass is 289 g/mol. The number of nitro benzene ring substituents is 1. The highest BCUT2D eigenvalue weighted by Crippen LogP contribution is 2.18. The van der Waals surface area contributed by atoms with Crippen molar-refractivity contribution in [2.75, 3.05) is 6.61 Å². The van der Waals surface area contributed by atoms with E-state index in [1.165, 1.54) is 12.1 Å². The fourth-order valence-corrected chi connectivity index (χ4v) is 1.79. The molecule has 4 nitrogen and oxygen atoms in total. The molecule has 2 aromatic rings. The van der Waals surface area contributed by atoms with Crippen LogP contribution >= 0.6 is 11.6 Å². The van der Waals surface area contributed by atoms with Gasteiger partial charge in [0, 0.05) is 17.2 Å². The van der Waals surface area contributed by atoms with Gasteiger partial charge in [-0.2, -0.15) is 0 Å². The van der Waals surface area contributed by atoms with Gasteiger partial charge >= 0.3 is 0 Å². The third-order valence-electron chi connectivity index (χ3n) is 2.60. The van der Waals surface area contributed by atoms with E-state index in [0.717, 1.165) is 5.56 Å². The van der Waals surface area contributed by atoms with E-state index in [-0.39, 0.29) is 5.69 Å². The highest BCUT2D eigenvalue weighted by atomic mass is 35.5. The lowest BCUT2D eigenvalue weighted by molar-refractivity contribution is -0.384. The van der Waals surface area contributed by atoms with Crippen LogP contribution in [0.3, 0.4) is 0 Å². The van der Waals surface area contributed by atoms with E-state index in [1.807, 2.05) is 36.4 Å². The molecule has 0 aliphatic heterocycles. The summed E-state index contributed by atoms with van der Waals surface area (Å²) in [7, 11) is 0. The third-order valence-corrected chi connectivity index (χ3v) is 2.94. The second-order valence-corrected chi connectivity index (χ2v) is 4.39. The minimum absolute atomic E-state index is 0.0453. The van der Waals surface area contributed by atoms with Gasteiger partial charge < -0.3 is 4.74 Å². The van der Waals surface area contributed by atoms with E-state index < -0.39 is 4.92 Å². The maximum absolute atomic E-state index is 10.5. The molecule has 0 aromatic heterocycles. The Hall–Kier alpha value is -2.33. The van der Waals surface area contributed by atoms with Crippen LogP contribution in [0.2, 0.25) is 5.02 Å². The highest BCUT2D eigenvalue weighted by Gasteiger charge is 2.03. The Morgan fingerprint density at radius 3 is 2.50 bits per heavy atom. The number of rotatable bonds is 5. The van der Waals surface area contributed by atoms with Crippen molar-refractivity contribution in [3.63, 3.8) is 0 Å². The van der Waals surface area contributed by atoms with Crippen molar-refractivity contribution in [2.45, 2.75) is 0 Å². The number of hydrogen-bond acceptors (Lipinski definition) is 3. The topological polar surface area (TPSA) is 52.4 Å². The fraction of sp³-hybridized carbons (Fsp3) is 0.0667. The summed E-state index contributed by atoms with van der Waals surface area (Å²) in [5.74, 6) is 0.583. The second kappa shape index (κ2) is 6.73. The molecule has 0 amide bonds. The maximum atomic E-state index is 10.5. The first kappa shape index (κ1) is 14.1. The minimum Gasteiger partial charge on any atom is -0.490 e. The average molecular weight is 290 g/mol. The van der Waals surface area contributed by atoms with Crippen molar-refractivity contribution in [3.05, 3.63) is 75.3 Å². The van der Waals surface area contributed by atoms with Crippen LogP contribution in [0.15, 0.2) is 54.6 Å². The molecule has 0 atom stereocenters. The van der Waals surface area contributed by atoms with Crippen LogP contribution in [0, 0.1) is 10.1 Å². The quantitative estimate of drug-likeness (QED) is 0.608. The van der Waals surface area contributed by atoms with Crippen LogP contribution in [-0.4, -0.2) is 11.5 Å². The van der Waals surface area contributed by atoms with Crippen molar-refractivity contribution < 1.29 is 9.66 Å². The zero-order valence-electron chi connectivity index (χ0n) is 10.5. The molecule has 0 radical (unpaired) electrons. The molecule has 20 heavy (non-hydrogen) atoms. The molecule has 2 aromatic carbocycles. The molecule has 0 heterocycles. The average Bonchev–Trinajstić information content (AvgIpc) is 2.46. The maximum Gasteiger partial charge on any atom is 0.269 e. The van der Waals surface area contributed by atoms with Gasteiger partial charge in [0.2, 0.25) is 0 Å². The Bertz CT molecular complexity index is 623. The number of halogens is 1. The molecule has 0 N–H and O–H groups in total. The van der Waals surface area contributed by atoms with Crippen LogP contribution in [0.4, 0.5) is 5.69 Å². The van der Waals surface area contributed by atoms with Gasteiger partial charge in [-0.15, -0.1) is 0 Å². The number of hydrogen-bond donors (Lipinski definition) is 0. The van der Waals surface area contributed by atoms with E-state index in [4.69, 9.17) is 16.3 Å². The number of nitro groups is 1. The van der Waals surface area contributed by atoms with E-state index in [9.17, 15) is 10.1 Å². The lowest BCUT2D eigenvalue weighted by Gasteiger charge is -2.02. The van der Waals surface area contributed by atoms with E-state index in [1.54, 1.807) is 12.1 Å². The number of nitrogens with zero attached hydrogens (tertiary/aromatic N) is 1. The summed E-state index contributed by atoms with van der Waals surface area (Å²) in [4.78, 5) is 10.1. The zero-order valence-corrected chi connectivity index (χ0v) is 11.3. The first-order valence-corrected chi connectivity index (χ1v) is 6.33. The smallest absolute Gasteiger partial charge is 0.269 e. The SMILES string of the molecule is O=[N+]([O-])c1ccc(OCC=Cc2ccccc2Cl)cc1. The Balaban J connectivity index is 1.90. The predicted octanol–water partition coefficient (Wildman–Crippen LogP) is 4.34. The van der Waals surface area contributed by atoms with Gasteiger partial charge in [-0.25, -0.2) is 0 Å². The zero-order chi connectivity index (χ0) is 14.4. The normalized spacial score (nSPS) is 10.7. The number of non-ortho nitro benzene ring substituents is 1. The summed E-state index contributed by atoms with van der Waals surface area (Å²) in [5.41, 5.74) is 0.963. The molecule has 0 saturated heterocycles. The summed E-state index contributed by atoms with van der Waals surface area (Å²) in [6.07, 6.45) is 3.70. The Morgan fingerprint density at radius 2 is 1.85 bits per heavy atom. The lowest BCUT2D eigenvalue weighted by atomic mass is 10.2. The van der Waals surface area contributed by atoms with Crippen LogP contribution in [0.1, 0.15) is 5.56 Å². The summed E-state index contributed by atoms with van der Waals surface area (Å²) in [5, 5.41) is 11.2. The van der Waals surface area contributed by atoms with Crippen LogP contribution < -0.4 is 4.74 Å². The van der Waals surface area contributed by atoms with Crippen molar-refractivity contribution >= 4 is 23.4 Å². The second-order valence-electron chi connectivity index (χ2n) is 3.99. The van der Waals surface area contributed by atoms with Gasteiger partial charge in [-0.1, -0.05) is 35.9 Å². The standard InChI is InChI=1S/C15H12ClNO3/c16-15-6-2-1-4-12(15)5-3-11-20-14-9-7-13(8-10-14)17(18)19/h1-10H,11H2. The molecule has 0 bridgehead atoms. The molecular formula is C15H12ClNO3. The predicted molar refractivity (Wildman–Crippen MR) is 79.1 cm³/mol. The summed E-state index contributed by atoms with van der Waals surface area (Å²) < 4.78 is 5.45. The summed E-state index contributed by atoms with van der Waals surface area (Å²) in [6.45, 7) is 0.364. The van der Waals surface area contributed by atoms with Crippen molar-refractivity contribution in [1.82, 2.24) is 0 Å².